The lowest BCUT2D eigenvalue weighted by Crippen LogP contribution is -2.62. The van der Waals surface area contributed by atoms with Gasteiger partial charge >= 0.3 is 5.97 Å². The van der Waals surface area contributed by atoms with Crippen molar-refractivity contribution in [1.29, 1.82) is 0 Å². The molecule has 1 saturated heterocycles. The van der Waals surface area contributed by atoms with E-state index in [4.69, 9.17) is 4.74 Å². The van der Waals surface area contributed by atoms with Gasteiger partial charge in [-0.2, -0.15) is 0 Å². The van der Waals surface area contributed by atoms with Crippen molar-refractivity contribution < 1.29 is 14.3 Å². The number of carbonyl (C=O) groups is 1. The summed E-state index contributed by atoms with van der Waals surface area (Å²) in [5.74, 6) is 0.745. The Labute approximate surface area is 119 Å². The number of benzene rings is 1. The van der Waals surface area contributed by atoms with Crippen molar-refractivity contribution in [2.24, 2.45) is 5.41 Å². The summed E-state index contributed by atoms with van der Waals surface area (Å²) in [4.78, 5) is 11.2. The van der Waals surface area contributed by atoms with E-state index in [-0.39, 0.29) is 5.97 Å². The zero-order chi connectivity index (χ0) is 14.0. The Balaban J connectivity index is 1.51. The van der Waals surface area contributed by atoms with E-state index in [0.29, 0.717) is 24.4 Å². The van der Waals surface area contributed by atoms with Crippen LogP contribution >= 0.6 is 0 Å². The summed E-state index contributed by atoms with van der Waals surface area (Å²) in [5, 5.41) is 3.33. The summed E-state index contributed by atoms with van der Waals surface area (Å²) in [6, 6.07) is 8.04. The van der Waals surface area contributed by atoms with Crippen molar-refractivity contribution in [3.63, 3.8) is 0 Å². The minimum absolute atomic E-state index is 0.172. The van der Waals surface area contributed by atoms with Gasteiger partial charge in [0.25, 0.3) is 0 Å². The second-order valence-corrected chi connectivity index (χ2v) is 5.98. The molecule has 1 aliphatic carbocycles. The predicted molar refractivity (Wildman–Crippen MR) is 75.7 cm³/mol. The van der Waals surface area contributed by atoms with Crippen LogP contribution in [0.1, 0.15) is 24.8 Å². The van der Waals surface area contributed by atoms with Crippen LogP contribution in [0.3, 0.4) is 0 Å². The van der Waals surface area contributed by atoms with Crippen molar-refractivity contribution in [1.82, 2.24) is 5.32 Å². The highest BCUT2D eigenvalue weighted by Gasteiger charge is 2.49. The zero-order valence-electron chi connectivity index (χ0n) is 11.9. The first-order valence-electron chi connectivity index (χ1n) is 7.22. The number of ether oxygens (including phenoxy) is 2. The summed E-state index contributed by atoms with van der Waals surface area (Å²) in [6.07, 6.45) is 3.78. The molecule has 1 aromatic rings. The fourth-order valence-electron chi connectivity index (χ4n) is 3.07. The van der Waals surface area contributed by atoms with E-state index in [1.807, 2.05) is 24.3 Å². The van der Waals surface area contributed by atoms with Gasteiger partial charge in [0.1, 0.15) is 5.75 Å². The number of esters is 1. The third-order valence-electron chi connectivity index (χ3n) is 4.37. The van der Waals surface area contributed by atoms with E-state index < -0.39 is 0 Å². The van der Waals surface area contributed by atoms with Gasteiger partial charge in [0.05, 0.1) is 13.2 Å². The Hall–Kier alpha value is -1.55. The molecule has 4 nitrogen and oxygen atoms in total. The average Bonchev–Trinajstić information content (AvgIpc) is 2.38. The van der Waals surface area contributed by atoms with E-state index in [0.717, 1.165) is 37.2 Å². The zero-order valence-corrected chi connectivity index (χ0v) is 11.9. The summed E-state index contributed by atoms with van der Waals surface area (Å²) >= 11 is 0. The lowest BCUT2D eigenvalue weighted by atomic mass is 9.63. The van der Waals surface area contributed by atoms with Crippen LogP contribution in [0.5, 0.6) is 5.75 Å². The van der Waals surface area contributed by atoms with E-state index in [2.05, 4.69) is 10.1 Å². The molecule has 3 rings (SSSR count). The number of carbonyl (C=O) groups excluding carboxylic acids is 1. The fraction of sp³-hybridized carbons (Fsp3) is 0.562. The summed E-state index contributed by atoms with van der Waals surface area (Å²) in [7, 11) is 1.42. The smallest absolute Gasteiger partial charge is 0.305 e. The Kier molecular flexibility index (Phi) is 3.66. The quantitative estimate of drug-likeness (QED) is 0.834. The summed E-state index contributed by atoms with van der Waals surface area (Å²) < 4.78 is 10.7. The van der Waals surface area contributed by atoms with Crippen LogP contribution in [-0.4, -0.2) is 32.3 Å². The molecule has 1 saturated carbocycles. The number of methoxy groups -OCH3 is 1. The molecule has 2 fully saturated rings. The Morgan fingerprint density at radius 3 is 2.85 bits per heavy atom. The molecule has 1 heterocycles. The third kappa shape index (κ3) is 2.80. The first kappa shape index (κ1) is 13.4. The topological polar surface area (TPSA) is 47.6 Å². The number of hydrogen-bond donors (Lipinski definition) is 1. The molecule has 0 atom stereocenters. The van der Waals surface area contributed by atoms with Crippen LogP contribution in [0.15, 0.2) is 24.3 Å². The molecule has 0 radical (unpaired) electrons. The van der Waals surface area contributed by atoms with Crippen molar-refractivity contribution in [3.05, 3.63) is 29.8 Å². The highest BCUT2D eigenvalue weighted by molar-refractivity contribution is 5.69. The molecule has 108 valence electrons. The van der Waals surface area contributed by atoms with Crippen LogP contribution in [-0.2, 0) is 16.0 Å². The lowest BCUT2D eigenvalue weighted by Gasteiger charge is -2.53. The number of aryl methyl sites for hydroxylation is 1. The van der Waals surface area contributed by atoms with E-state index >= 15 is 0 Å². The molecule has 1 aliphatic heterocycles. The van der Waals surface area contributed by atoms with Gasteiger partial charge in [-0.15, -0.1) is 0 Å². The third-order valence-corrected chi connectivity index (χ3v) is 4.37. The van der Waals surface area contributed by atoms with Crippen molar-refractivity contribution in [3.8, 4) is 5.75 Å². The van der Waals surface area contributed by atoms with E-state index in [1.165, 1.54) is 7.11 Å². The standard InChI is InChI=1S/C16H21NO3/c1-19-15(18)6-5-12-3-2-4-13(7-12)20-14-8-16(9-14)10-17-11-16/h2-4,7,14,17H,5-6,8-11H2,1H3. The minimum Gasteiger partial charge on any atom is -0.490 e. The largest absolute Gasteiger partial charge is 0.490 e. The maximum atomic E-state index is 11.2. The van der Waals surface area contributed by atoms with Gasteiger partial charge < -0.3 is 14.8 Å². The van der Waals surface area contributed by atoms with Crippen molar-refractivity contribution in [2.75, 3.05) is 20.2 Å². The normalized spacial score (nSPS) is 20.1. The molecule has 0 bridgehead atoms. The van der Waals surface area contributed by atoms with Gasteiger partial charge in [0.2, 0.25) is 0 Å². The van der Waals surface area contributed by atoms with Gasteiger partial charge in [-0.25, -0.2) is 0 Å². The molecule has 20 heavy (non-hydrogen) atoms. The van der Waals surface area contributed by atoms with Crippen LogP contribution in [0, 0.1) is 5.41 Å². The minimum atomic E-state index is -0.172. The summed E-state index contributed by atoms with van der Waals surface area (Å²) in [6.45, 7) is 2.29. The molecule has 2 aliphatic rings. The van der Waals surface area contributed by atoms with Gasteiger partial charge in [-0.1, -0.05) is 12.1 Å². The fourth-order valence-corrected chi connectivity index (χ4v) is 3.07. The predicted octanol–water partition coefficient (Wildman–Crippen LogP) is 1.92. The monoisotopic (exact) mass is 275 g/mol. The van der Waals surface area contributed by atoms with Crippen molar-refractivity contribution in [2.45, 2.75) is 31.8 Å². The molecule has 0 unspecified atom stereocenters. The Morgan fingerprint density at radius 2 is 2.20 bits per heavy atom. The van der Waals surface area contributed by atoms with E-state index in [9.17, 15) is 4.79 Å². The highest BCUT2D eigenvalue weighted by atomic mass is 16.5. The number of rotatable bonds is 5. The first-order chi connectivity index (χ1) is 9.69. The van der Waals surface area contributed by atoms with Gasteiger partial charge in [-0.3, -0.25) is 4.79 Å². The maximum Gasteiger partial charge on any atom is 0.305 e. The van der Waals surface area contributed by atoms with Gasteiger partial charge in [0, 0.05) is 24.9 Å². The Bertz CT molecular complexity index is 488. The van der Waals surface area contributed by atoms with Gasteiger partial charge in [0.15, 0.2) is 0 Å². The van der Waals surface area contributed by atoms with Crippen molar-refractivity contribution >= 4 is 5.97 Å². The molecule has 0 aromatic heterocycles. The molecule has 1 N–H and O–H groups in total. The number of hydrogen-bond acceptors (Lipinski definition) is 4. The van der Waals surface area contributed by atoms with Crippen LogP contribution in [0.2, 0.25) is 0 Å². The maximum absolute atomic E-state index is 11.2. The van der Waals surface area contributed by atoms with E-state index in [1.54, 1.807) is 0 Å². The second-order valence-electron chi connectivity index (χ2n) is 5.98. The lowest BCUT2D eigenvalue weighted by molar-refractivity contribution is -0.140. The second kappa shape index (κ2) is 5.44. The van der Waals surface area contributed by atoms with Crippen LogP contribution in [0.25, 0.3) is 0 Å². The molecule has 1 spiro atoms. The molecular weight excluding hydrogens is 254 g/mol. The first-order valence-corrected chi connectivity index (χ1v) is 7.22. The SMILES string of the molecule is COC(=O)CCc1cccc(OC2CC3(CNC3)C2)c1. The van der Waals surface area contributed by atoms with Crippen LogP contribution < -0.4 is 10.1 Å². The summed E-state index contributed by atoms with van der Waals surface area (Å²) in [5.41, 5.74) is 1.65. The molecule has 0 amide bonds. The van der Waals surface area contributed by atoms with Crippen LogP contribution in [0.4, 0.5) is 0 Å². The number of nitrogens with one attached hydrogen (secondary N) is 1. The molecule has 4 heteroatoms. The van der Waals surface area contributed by atoms with Gasteiger partial charge in [-0.05, 0) is 37.0 Å². The average molecular weight is 275 g/mol. The molecule has 1 aromatic carbocycles. The highest BCUT2D eigenvalue weighted by Crippen LogP contribution is 2.45. The molecular formula is C16H21NO3. The Morgan fingerprint density at radius 1 is 1.40 bits per heavy atom.